The molecule has 0 aliphatic heterocycles. The van der Waals surface area contributed by atoms with E-state index in [1.54, 1.807) is 6.07 Å². The molecule has 1 aromatic carbocycles. The molecule has 1 aliphatic rings. The van der Waals surface area contributed by atoms with Gasteiger partial charge in [0.05, 0.1) is 5.02 Å². The van der Waals surface area contributed by atoms with Gasteiger partial charge in [-0.1, -0.05) is 37.8 Å². The first-order valence-corrected chi connectivity index (χ1v) is 8.29. The fourth-order valence-electron chi connectivity index (χ4n) is 2.60. The van der Waals surface area contributed by atoms with Crippen molar-refractivity contribution in [3.05, 3.63) is 32.4 Å². The van der Waals surface area contributed by atoms with Gasteiger partial charge >= 0.3 is 0 Å². The van der Waals surface area contributed by atoms with Crippen molar-refractivity contribution < 1.29 is 4.79 Å². The average molecular weight is 392 g/mol. The summed E-state index contributed by atoms with van der Waals surface area (Å²) in [5.74, 6) is 0.558. The van der Waals surface area contributed by atoms with Crippen LogP contribution in [-0.2, 0) is 0 Å². The Morgan fingerprint density at radius 2 is 2.05 bits per heavy atom. The average Bonchev–Trinajstić information content (AvgIpc) is 2.58. The van der Waals surface area contributed by atoms with Gasteiger partial charge in [-0.05, 0) is 59.5 Å². The van der Waals surface area contributed by atoms with Crippen molar-refractivity contribution in [1.29, 1.82) is 0 Å². The molecule has 1 N–H and O–H groups in total. The van der Waals surface area contributed by atoms with Gasteiger partial charge in [0, 0.05) is 15.2 Å². The van der Waals surface area contributed by atoms with E-state index in [1.807, 2.05) is 12.1 Å². The lowest BCUT2D eigenvalue weighted by molar-refractivity contribution is 0.0921. The van der Waals surface area contributed by atoms with Crippen LogP contribution in [0.2, 0.25) is 5.02 Å². The van der Waals surface area contributed by atoms with Gasteiger partial charge in [0.25, 0.3) is 5.91 Å². The largest absolute Gasteiger partial charge is 0.349 e. The van der Waals surface area contributed by atoms with E-state index in [-0.39, 0.29) is 5.91 Å². The third kappa shape index (κ3) is 4.09. The summed E-state index contributed by atoms with van der Waals surface area (Å²) < 4.78 is 0.971. The topological polar surface area (TPSA) is 29.1 Å². The number of carbonyl (C=O) groups excluding carboxylic acids is 1. The number of hydrogen-bond acceptors (Lipinski definition) is 1. The quantitative estimate of drug-likeness (QED) is 0.577. The summed E-state index contributed by atoms with van der Waals surface area (Å²) >= 11 is 8.23. The molecule has 0 bridgehead atoms. The molecule has 1 fully saturated rings. The van der Waals surface area contributed by atoms with E-state index in [0.29, 0.717) is 22.5 Å². The van der Waals surface area contributed by atoms with Gasteiger partial charge in [0.1, 0.15) is 0 Å². The second kappa shape index (κ2) is 6.93. The fraction of sp³-hybridized carbons (Fsp3) is 0.533. The molecule has 2 rings (SSSR count). The Morgan fingerprint density at radius 3 is 2.79 bits per heavy atom. The number of rotatable bonds is 2. The zero-order valence-electron chi connectivity index (χ0n) is 11.1. The number of nitrogens with one attached hydrogen (secondary N) is 1. The van der Waals surface area contributed by atoms with E-state index < -0.39 is 0 Å². The molecule has 104 valence electrons. The summed E-state index contributed by atoms with van der Waals surface area (Å²) in [6, 6.07) is 5.77. The number of halogens is 2. The van der Waals surface area contributed by atoms with Crippen molar-refractivity contribution >= 4 is 40.1 Å². The molecule has 2 nitrogen and oxygen atoms in total. The van der Waals surface area contributed by atoms with Crippen molar-refractivity contribution in [3.63, 3.8) is 0 Å². The van der Waals surface area contributed by atoms with Crippen LogP contribution in [0.1, 0.15) is 49.4 Å². The first-order valence-electron chi connectivity index (χ1n) is 6.84. The van der Waals surface area contributed by atoms with E-state index in [1.165, 1.54) is 25.7 Å². The molecule has 0 heterocycles. The molecular weight excluding hydrogens is 373 g/mol. The van der Waals surface area contributed by atoms with Crippen LogP contribution in [0, 0.1) is 9.49 Å². The van der Waals surface area contributed by atoms with Gasteiger partial charge in [-0.15, -0.1) is 0 Å². The molecule has 0 radical (unpaired) electrons. The first-order chi connectivity index (χ1) is 9.08. The molecule has 1 amide bonds. The summed E-state index contributed by atoms with van der Waals surface area (Å²) in [5, 5.41) is 3.81. The summed E-state index contributed by atoms with van der Waals surface area (Å²) in [7, 11) is 0. The molecule has 1 aromatic rings. The minimum Gasteiger partial charge on any atom is -0.349 e. The van der Waals surface area contributed by atoms with E-state index in [9.17, 15) is 4.79 Å². The standard InChI is InChI=1S/C15H19ClINO/c1-10-5-3-2-4-6-14(10)18-15(19)11-7-8-13(17)12(16)9-11/h7-10,14H,2-6H2,1H3,(H,18,19). The summed E-state index contributed by atoms with van der Waals surface area (Å²) in [5.41, 5.74) is 0.655. The smallest absolute Gasteiger partial charge is 0.251 e. The predicted molar refractivity (Wildman–Crippen MR) is 87.7 cm³/mol. The Bertz CT molecular complexity index is 463. The molecule has 19 heavy (non-hydrogen) atoms. The third-order valence-electron chi connectivity index (χ3n) is 3.86. The van der Waals surface area contributed by atoms with Crippen molar-refractivity contribution in [2.24, 2.45) is 5.92 Å². The maximum Gasteiger partial charge on any atom is 0.251 e. The molecule has 2 unspecified atom stereocenters. The van der Waals surface area contributed by atoms with Gasteiger partial charge in [-0.25, -0.2) is 0 Å². The van der Waals surface area contributed by atoms with Gasteiger partial charge in [0.2, 0.25) is 0 Å². The van der Waals surface area contributed by atoms with Crippen LogP contribution in [0.3, 0.4) is 0 Å². The summed E-state index contributed by atoms with van der Waals surface area (Å²) in [6.07, 6.45) is 6.07. The number of amides is 1. The lowest BCUT2D eigenvalue weighted by atomic mass is 9.96. The van der Waals surface area contributed by atoms with E-state index in [0.717, 1.165) is 9.99 Å². The Morgan fingerprint density at radius 1 is 1.32 bits per heavy atom. The normalized spacial score (nSPS) is 23.7. The summed E-state index contributed by atoms with van der Waals surface area (Å²) in [4.78, 5) is 12.3. The molecule has 1 saturated carbocycles. The molecule has 0 spiro atoms. The zero-order chi connectivity index (χ0) is 13.8. The first kappa shape index (κ1) is 15.1. The minimum atomic E-state index is -0.00273. The Kier molecular flexibility index (Phi) is 5.51. The molecule has 0 aromatic heterocycles. The third-order valence-corrected chi connectivity index (χ3v) is 5.43. The highest BCUT2D eigenvalue weighted by Crippen LogP contribution is 2.24. The van der Waals surface area contributed by atoms with Crippen molar-refractivity contribution in [2.75, 3.05) is 0 Å². The highest BCUT2D eigenvalue weighted by atomic mass is 127. The van der Waals surface area contributed by atoms with Crippen LogP contribution in [0.4, 0.5) is 0 Å². The maximum absolute atomic E-state index is 12.3. The molecule has 1 aliphatic carbocycles. The van der Waals surface area contributed by atoms with Gasteiger partial charge in [0.15, 0.2) is 0 Å². The van der Waals surface area contributed by atoms with Crippen LogP contribution in [0.15, 0.2) is 18.2 Å². The Balaban J connectivity index is 2.05. The fourth-order valence-corrected chi connectivity index (χ4v) is 3.11. The Hall–Kier alpha value is -0.290. The van der Waals surface area contributed by atoms with Gasteiger partial charge in [-0.3, -0.25) is 4.79 Å². The molecular formula is C15H19ClINO. The van der Waals surface area contributed by atoms with E-state index >= 15 is 0 Å². The lowest BCUT2D eigenvalue weighted by Gasteiger charge is -2.22. The summed E-state index contributed by atoms with van der Waals surface area (Å²) in [6.45, 7) is 2.23. The molecule has 4 heteroatoms. The lowest BCUT2D eigenvalue weighted by Crippen LogP contribution is -2.38. The number of benzene rings is 1. The molecule has 2 atom stereocenters. The van der Waals surface area contributed by atoms with Crippen molar-refractivity contribution in [2.45, 2.75) is 45.1 Å². The second-order valence-electron chi connectivity index (χ2n) is 5.32. The van der Waals surface area contributed by atoms with Gasteiger partial charge in [-0.2, -0.15) is 0 Å². The van der Waals surface area contributed by atoms with Crippen molar-refractivity contribution in [3.8, 4) is 0 Å². The minimum absolute atomic E-state index is 0.00273. The SMILES string of the molecule is CC1CCCCCC1NC(=O)c1ccc(I)c(Cl)c1. The van der Waals surface area contributed by atoms with Gasteiger partial charge < -0.3 is 5.32 Å². The van der Waals surface area contributed by atoms with Crippen molar-refractivity contribution in [1.82, 2.24) is 5.32 Å². The number of carbonyl (C=O) groups is 1. The zero-order valence-corrected chi connectivity index (χ0v) is 14.0. The Labute approximate surface area is 133 Å². The van der Waals surface area contributed by atoms with Crippen LogP contribution >= 0.6 is 34.2 Å². The van der Waals surface area contributed by atoms with Crippen LogP contribution in [-0.4, -0.2) is 11.9 Å². The van der Waals surface area contributed by atoms with Crippen LogP contribution < -0.4 is 5.32 Å². The van der Waals surface area contributed by atoms with E-state index in [2.05, 4.69) is 34.8 Å². The second-order valence-corrected chi connectivity index (χ2v) is 6.89. The predicted octanol–water partition coefficient (Wildman–Crippen LogP) is 4.64. The monoisotopic (exact) mass is 391 g/mol. The molecule has 0 saturated heterocycles. The highest BCUT2D eigenvalue weighted by molar-refractivity contribution is 14.1. The van der Waals surface area contributed by atoms with Crippen LogP contribution in [0.5, 0.6) is 0 Å². The number of hydrogen-bond donors (Lipinski definition) is 1. The maximum atomic E-state index is 12.3. The van der Waals surface area contributed by atoms with E-state index in [4.69, 9.17) is 11.6 Å². The highest BCUT2D eigenvalue weighted by Gasteiger charge is 2.22. The van der Waals surface area contributed by atoms with Crippen LogP contribution in [0.25, 0.3) is 0 Å².